The molecule has 0 radical (unpaired) electrons. The summed E-state index contributed by atoms with van der Waals surface area (Å²) in [5.41, 5.74) is 5.38. The van der Waals surface area contributed by atoms with Crippen LogP contribution < -0.4 is 11.1 Å². The summed E-state index contributed by atoms with van der Waals surface area (Å²) in [6, 6.07) is -0.871. The maximum atomic E-state index is 12.8. The molecule has 0 aliphatic heterocycles. The molecule has 8 nitrogen and oxygen atoms in total. The number of unbranched alkanes of at least 4 members (excludes halogenated alkanes) is 24. The van der Waals surface area contributed by atoms with Crippen LogP contribution in [-0.2, 0) is 18.4 Å². The number of carbonyl (C=O) groups is 1. The highest BCUT2D eigenvalue weighted by Gasteiger charge is 2.26. The lowest BCUT2D eigenvalue weighted by Gasteiger charge is -2.23. The van der Waals surface area contributed by atoms with Crippen molar-refractivity contribution in [3.05, 3.63) is 60.8 Å². The van der Waals surface area contributed by atoms with Gasteiger partial charge in [0.05, 0.1) is 25.4 Å². The summed E-state index contributed by atoms with van der Waals surface area (Å²) in [7, 11) is -4.35. The predicted molar refractivity (Wildman–Crippen MR) is 249 cm³/mol. The first kappa shape index (κ1) is 56.2. The monoisotopic (exact) mass is 835 g/mol. The Kier molecular flexibility index (Phi) is 43.4. The van der Waals surface area contributed by atoms with E-state index in [9.17, 15) is 19.4 Å². The van der Waals surface area contributed by atoms with Gasteiger partial charge in [0, 0.05) is 13.0 Å². The van der Waals surface area contributed by atoms with Gasteiger partial charge in [-0.2, -0.15) is 0 Å². The minimum Gasteiger partial charge on any atom is -0.387 e. The number of amides is 1. The van der Waals surface area contributed by atoms with Crippen molar-refractivity contribution in [2.45, 2.75) is 225 Å². The number of aliphatic hydroxyl groups is 1. The highest BCUT2D eigenvalue weighted by atomic mass is 31.2. The van der Waals surface area contributed by atoms with E-state index >= 15 is 0 Å². The zero-order chi connectivity index (χ0) is 42.5. The fraction of sp³-hybridized carbons (Fsp3) is 0.776. The van der Waals surface area contributed by atoms with Crippen LogP contribution in [0, 0.1) is 0 Å². The number of phosphoric ester groups is 1. The Morgan fingerprint density at radius 1 is 0.586 bits per heavy atom. The summed E-state index contributed by atoms with van der Waals surface area (Å²) in [5, 5.41) is 13.7. The van der Waals surface area contributed by atoms with Gasteiger partial charge in [-0.15, -0.1) is 0 Å². The van der Waals surface area contributed by atoms with E-state index in [4.69, 9.17) is 14.8 Å². The molecule has 9 heteroatoms. The number of nitrogens with one attached hydrogen (secondary N) is 1. The van der Waals surface area contributed by atoms with Crippen LogP contribution in [0.15, 0.2) is 60.8 Å². The molecule has 1 amide bonds. The van der Waals surface area contributed by atoms with Crippen molar-refractivity contribution in [1.29, 1.82) is 0 Å². The number of hydrogen-bond acceptors (Lipinski definition) is 6. The van der Waals surface area contributed by atoms with Crippen LogP contribution >= 0.6 is 7.82 Å². The maximum Gasteiger partial charge on any atom is 0.472 e. The molecule has 0 aliphatic rings. The Morgan fingerprint density at radius 3 is 1.47 bits per heavy atom. The van der Waals surface area contributed by atoms with E-state index in [-0.39, 0.29) is 25.7 Å². The molecule has 0 aromatic heterocycles. The summed E-state index contributed by atoms with van der Waals surface area (Å²) in [5.74, 6) is -0.209. The third-order valence-electron chi connectivity index (χ3n) is 10.3. The topological polar surface area (TPSA) is 131 Å². The van der Waals surface area contributed by atoms with Crippen LogP contribution in [0.3, 0.4) is 0 Å². The number of hydrogen-bond donors (Lipinski definition) is 4. The van der Waals surface area contributed by atoms with E-state index in [0.29, 0.717) is 6.42 Å². The van der Waals surface area contributed by atoms with E-state index in [1.54, 1.807) is 6.08 Å². The fourth-order valence-corrected chi connectivity index (χ4v) is 7.53. The molecule has 0 saturated carbocycles. The van der Waals surface area contributed by atoms with Crippen LogP contribution in [0.1, 0.15) is 213 Å². The predicted octanol–water partition coefficient (Wildman–Crippen LogP) is 13.8. The molecule has 0 bridgehead atoms. The molecule has 3 atom stereocenters. The zero-order valence-electron chi connectivity index (χ0n) is 37.5. The Morgan fingerprint density at radius 2 is 1.00 bits per heavy atom. The number of aliphatic hydroxyl groups excluding tert-OH is 1. The van der Waals surface area contributed by atoms with E-state index < -0.39 is 20.0 Å². The second-order valence-electron chi connectivity index (χ2n) is 15.9. The summed E-state index contributed by atoms with van der Waals surface area (Å²) in [4.78, 5) is 22.8. The Balaban J connectivity index is 4.19. The molecule has 0 heterocycles. The lowest BCUT2D eigenvalue weighted by Crippen LogP contribution is -2.45. The summed E-state index contributed by atoms with van der Waals surface area (Å²) < 4.78 is 22.2. The largest absolute Gasteiger partial charge is 0.472 e. The Bertz CT molecular complexity index is 1090. The molecule has 0 spiro atoms. The standard InChI is InChI=1S/C49H91N2O6P/c1-3-5-7-9-11-13-15-17-19-21-23-25-26-28-30-32-34-36-38-40-42-48(52)47(46-57-58(54,55)56-45-44-50)51-49(53)43-41-39-37-35-33-31-29-27-24-22-20-18-16-14-12-10-8-6-4-2/h6,8,12,14,18,20,24,27,40,42,47-48,52H,3-5,7,9-11,13,15-17,19,21-23,25-26,28-39,41,43-46,50H2,1-2H3,(H,51,53)(H,54,55)/b8-6-,14-12-,20-18-,27-24-,42-40+. The maximum absolute atomic E-state index is 12.8. The highest BCUT2D eigenvalue weighted by molar-refractivity contribution is 7.47. The summed E-state index contributed by atoms with van der Waals surface area (Å²) >= 11 is 0. The minimum absolute atomic E-state index is 0.0736. The third-order valence-corrected chi connectivity index (χ3v) is 11.3. The lowest BCUT2D eigenvalue weighted by atomic mass is 10.0. The zero-order valence-corrected chi connectivity index (χ0v) is 38.4. The molecular weight excluding hydrogens is 744 g/mol. The van der Waals surface area contributed by atoms with Crippen molar-refractivity contribution in [3.63, 3.8) is 0 Å². The molecule has 0 rings (SSSR count). The minimum atomic E-state index is -4.35. The van der Waals surface area contributed by atoms with Gasteiger partial charge in [0.2, 0.25) is 5.91 Å². The lowest BCUT2D eigenvalue weighted by molar-refractivity contribution is -0.123. The van der Waals surface area contributed by atoms with Crippen molar-refractivity contribution in [1.82, 2.24) is 5.32 Å². The number of nitrogens with two attached hydrogens (primary N) is 1. The van der Waals surface area contributed by atoms with Gasteiger partial charge in [-0.05, 0) is 57.8 Å². The van der Waals surface area contributed by atoms with E-state index in [0.717, 1.165) is 77.0 Å². The van der Waals surface area contributed by atoms with Crippen molar-refractivity contribution < 1.29 is 28.4 Å². The van der Waals surface area contributed by atoms with Gasteiger partial charge < -0.3 is 21.1 Å². The number of allylic oxidation sites excluding steroid dienone is 9. The first-order valence-corrected chi connectivity index (χ1v) is 25.4. The van der Waals surface area contributed by atoms with Crippen LogP contribution in [0.4, 0.5) is 0 Å². The third kappa shape index (κ3) is 42.3. The number of phosphoric acid groups is 1. The molecule has 0 fully saturated rings. The molecule has 0 aromatic rings. The molecular formula is C49H91N2O6P. The average molecular weight is 835 g/mol. The SMILES string of the molecule is CC/C=C\C/C=C\C/C=C\C/C=C\CCCCCCCCC(=O)NC(COP(=O)(O)OCCN)C(O)/C=C/CCCCCCCCCCCCCCCCCCCC. The highest BCUT2D eigenvalue weighted by Crippen LogP contribution is 2.43. The molecule has 58 heavy (non-hydrogen) atoms. The fourth-order valence-electron chi connectivity index (χ4n) is 6.77. The summed E-state index contributed by atoms with van der Waals surface area (Å²) in [6.45, 7) is 4.02. The first-order chi connectivity index (χ1) is 28.4. The average Bonchev–Trinajstić information content (AvgIpc) is 3.21. The molecule has 0 aromatic carbocycles. The van der Waals surface area contributed by atoms with E-state index in [1.807, 2.05) is 6.08 Å². The van der Waals surface area contributed by atoms with E-state index in [1.165, 1.54) is 116 Å². The van der Waals surface area contributed by atoms with E-state index in [2.05, 4.69) is 67.8 Å². The summed E-state index contributed by atoms with van der Waals surface area (Å²) in [6.07, 6.45) is 57.0. The van der Waals surface area contributed by atoms with Gasteiger partial charge in [0.15, 0.2) is 0 Å². The first-order valence-electron chi connectivity index (χ1n) is 23.9. The van der Waals surface area contributed by atoms with Crippen molar-refractivity contribution >= 4 is 13.7 Å². The van der Waals surface area contributed by atoms with Crippen LogP contribution in [0.5, 0.6) is 0 Å². The molecule has 0 saturated heterocycles. The van der Waals surface area contributed by atoms with Gasteiger partial charge in [-0.3, -0.25) is 13.8 Å². The molecule has 5 N–H and O–H groups in total. The molecule has 3 unspecified atom stereocenters. The Hall–Kier alpha value is -1.80. The van der Waals surface area contributed by atoms with Crippen molar-refractivity contribution in [2.24, 2.45) is 5.73 Å². The van der Waals surface area contributed by atoms with Gasteiger partial charge in [0.25, 0.3) is 0 Å². The number of rotatable bonds is 44. The van der Waals surface area contributed by atoms with Crippen LogP contribution in [0.25, 0.3) is 0 Å². The smallest absolute Gasteiger partial charge is 0.387 e. The van der Waals surface area contributed by atoms with Crippen molar-refractivity contribution in [3.8, 4) is 0 Å². The van der Waals surface area contributed by atoms with Gasteiger partial charge >= 0.3 is 7.82 Å². The van der Waals surface area contributed by atoms with Crippen molar-refractivity contribution in [2.75, 3.05) is 19.8 Å². The van der Waals surface area contributed by atoms with Gasteiger partial charge in [-0.1, -0.05) is 209 Å². The van der Waals surface area contributed by atoms with Gasteiger partial charge in [-0.25, -0.2) is 4.57 Å². The van der Waals surface area contributed by atoms with Gasteiger partial charge in [0.1, 0.15) is 0 Å². The second-order valence-corrected chi connectivity index (χ2v) is 17.4. The Labute approximate surface area is 357 Å². The van der Waals surface area contributed by atoms with Crippen LogP contribution in [-0.4, -0.2) is 47.8 Å². The second kappa shape index (κ2) is 44.7. The normalized spacial score (nSPS) is 14.5. The van der Waals surface area contributed by atoms with Crippen LogP contribution in [0.2, 0.25) is 0 Å². The number of carbonyl (C=O) groups excluding carboxylic acids is 1. The molecule has 0 aliphatic carbocycles. The quantitative estimate of drug-likeness (QED) is 0.0273. The molecule has 338 valence electrons.